The number of piperazine rings is 1. The highest BCUT2D eigenvalue weighted by molar-refractivity contribution is 5.79. The molecule has 1 N–H and O–H groups in total. The summed E-state index contributed by atoms with van der Waals surface area (Å²) in [5, 5.41) is 8.46. The zero-order valence-electron chi connectivity index (χ0n) is 8.81. The Balaban J connectivity index is 2.32. The van der Waals surface area contributed by atoms with E-state index in [2.05, 4.69) is 18.7 Å². The smallest absolute Gasteiger partial charge is 0.329 e. The SMILES string of the molecule is CC(C)N1CCN(C=CC(=O)O)CC1. The lowest BCUT2D eigenvalue weighted by atomic mass is 10.2. The second-order valence-electron chi connectivity index (χ2n) is 3.82. The first-order chi connectivity index (χ1) is 6.59. The first kappa shape index (κ1) is 11.0. The maximum Gasteiger partial charge on any atom is 0.329 e. The van der Waals surface area contributed by atoms with E-state index >= 15 is 0 Å². The topological polar surface area (TPSA) is 43.8 Å². The van der Waals surface area contributed by atoms with E-state index in [1.807, 2.05) is 4.90 Å². The molecule has 1 fully saturated rings. The van der Waals surface area contributed by atoms with Crippen LogP contribution in [0.3, 0.4) is 0 Å². The van der Waals surface area contributed by atoms with E-state index < -0.39 is 5.97 Å². The molecule has 1 aliphatic heterocycles. The molecule has 4 heteroatoms. The summed E-state index contributed by atoms with van der Waals surface area (Å²) in [5.41, 5.74) is 0. The number of rotatable bonds is 3. The Bertz CT molecular complexity index is 218. The molecule has 0 aromatic carbocycles. The van der Waals surface area contributed by atoms with Crippen molar-refractivity contribution in [2.75, 3.05) is 26.2 Å². The lowest BCUT2D eigenvalue weighted by Crippen LogP contribution is -2.46. The summed E-state index contributed by atoms with van der Waals surface area (Å²) in [4.78, 5) is 14.7. The molecule has 4 nitrogen and oxygen atoms in total. The summed E-state index contributed by atoms with van der Waals surface area (Å²) >= 11 is 0. The molecular formula is C10H18N2O2. The predicted octanol–water partition coefficient (Wildman–Crippen LogP) is 0.611. The number of nitrogens with zero attached hydrogens (tertiary/aromatic N) is 2. The van der Waals surface area contributed by atoms with E-state index in [4.69, 9.17) is 5.11 Å². The average Bonchev–Trinajstić information content (AvgIpc) is 2.15. The second-order valence-corrected chi connectivity index (χ2v) is 3.82. The molecule has 0 spiro atoms. The molecular weight excluding hydrogens is 180 g/mol. The van der Waals surface area contributed by atoms with Gasteiger partial charge in [0, 0.05) is 44.5 Å². The van der Waals surface area contributed by atoms with Crippen LogP contribution < -0.4 is 0 Å². The molecule has 0 atom stereocenters. The van der Waals surface area contributed by atoms with Gasteiger partial charge in [-0.1, -0.05) is 0 Å². The van der Waals surface area contributed by atoms with E-state index in [9.17, 15) is 4.79 Å². The number of carboxylic acid groups (broad SMARTS) is 1. The van der Waals surface area contributed by atoms with E-state index in [0.717, 1.165) is 26.2 Å². The van der Waals surface area contributed by atoms with Crippen LogP contribution in [0.25, 0.3) is 0 Å². The molecule has 0 aromatic rings. The fourth-order valence-corrected chi connectivity index (χ4v) is 1.57. The number of carboxylic acids is 1. The zero-order valence-corrected chi connectivity index (χ0v) is 8.81. The van der Waals surface area contributed by atoms with Crippen molar-refractivity contribution in [3.63, 3.8) is 0 Å². The van der Waals surface area contributed by atoms with Crippen molar-refractivity contribution in [3.05, 3.63) is 12.3 Å². The summed E-state index contributed by atoms with van der Waals surface area (Å²) < 4.78 is 0. The van der Waals surface area contributed by atoms with Gasteiger partial charge in [0.2, 0.25) is 0 Å². The van der Waals surface area contributed by atoms with E-state index in [-0.39, 0.29) is 0 Å². The standard InChI is InChI=1S/C10H18N2O2/c1-9(2)12-7-5-11(6-8-12)4-3-10(13)14/h3-4,9H,5-8H2,1-2H3,(H,13,14). The molecule has 0 aliphatic carbocycles. The lowest BCUT2D eigenvalue weighted by Gasteiger charge is -2.36. The Labute approximate surface area is 84.8 Å². The Morgan fingerprint density at radius 1 is 1.29 bits per heavy atom. The molecule has 0 saturated carbocycles. The quantitative estimate of drug-likeness (QED) is 0.675. The van der Waals surface area contributed by atoms with Gasteiger partial charge in [-0.3, -0.25) is 4.90 Å². The maximum atomic E-state index is 10.3. The maximum absolute atomic E-state index is 10.3. The Morgan fingerprint density at radius 2 is 1.86 bits per heavy atom. The van der Waals surface area contributed by atoms with Crippen LogP contribution in [0.1, 0.15) is 13.8 Å². The molecule has 0 radical (unpaired) electrons. The first-order valence-electron chi connectivity index (χ1n) is 4.99. The monoisotopic (exact) mass is 198 g/mol. The van der Waals surface area contributed by atoms with Gasteiger partial charge in [0.1, 0.15) is 0 Å². The molecule has 0 aromatic heterocycles. The predicted molar refractivity (Wildman–Crippen MR) is 55.1 cm³/mol. The Hall–Kier alpha value is -1.03. The minimum absolute atomic E-state index is 0.584. The molecule has 1 rings (SSSR count). The third kappa shape index (κ3) is 3.38. The highest BCUT2D eigenvalue weighted by atomic mass is 16.4. The molecule has 14 heavy (non-hydrogen) atoms. The van der Waals surface area contributed by atoms with Crippen molar-refractivity contribution >= 4 is 5.97 Å². The first-order valence-corrected chi connectivity index (χ1v) is 4.99. The van der Waals surface area contributed by atoms with Gasteiger partial charge in [0.25, 0.3) is 0 Å². The third-order valence-electron chi connectivity index (χ3n) is 2.51. The van der Waals surface area contributed by atoms with Crippen molar-refractivity contribution in [2.24, 2.45) is 0 Å². The third-order valence-corrected chi connectivity index (χ3v) is 2.51. The fraction of sp³-hybridized carbons (Fsp3) is 0.700. The molecule has 80 valence electrons. The van der Waals surface area contributed by atoms with Crippen LogP contribution in [-0.4, -0.2) is 53.1 Å². The van der Waals surface area contributed by atoms with Crippen LogP contribution in [0.5, 0.6) is 0 Å². The van der Waals surface area contributed by atoms with Gasteiger partial charge in [-0.2, -0.15) is 0 Å². The molecule has 0 amide bonds. The Kier molecular flexibility index (Phi) is 3.95. The van der Waals surface area contributed by atoms with Crippen molar-refractivity contribution in [1.29, 1.82) is 0 Å². The van der Waals surface area contributed by atoms with Crippen LogP contribution in [0, 0.1) is 0 Å². The summed E-state index contributed by atoms with van der Waals surface area (Å²) in [5.74, 6) is -0.878. The number of hydrogen-bond acceptors (Lipinski definition) is 3. The van der Waals surface area contributed by atoms with Crippen LogP contribution in [0.2, 0.25) is 0 Å². The van der Waals surface area contributed by atoms with Gasteiger partial charge >= 0.3 is 5.97 Å². The Morgan fingerprint density at radius 3 is 2.29 bits per heavy atom. The van der Waals surface area contributed by atoms with Crippen molar-refractivity contribution in [1.82, 2.24) is 9.80 Å². The van der Waals surface area contributed by atoms with Gasteiger partial charge < -0.3 is 10.0 Å². The molecule has 1 aliphatic rings. The lowest BCUT2D eigenvalue weighted by molar-refractivity contribution is -0.131. The number of aliphatic carboxylic acids is 1. The summed E-state index contributed by atoms with van der Waals surface area (Å²) in [6.45, 7) is 8.23. The minimum Gasteiger partial charge on any atom is -0.478 e. The van der Waals surface area contributed by atoms with Gasteiger partial charge in [-0.25, -0.2) is 4.79 Å². The highest BCUT2D eigenvalue weighted by Gasteiger charge is 2.16. The highest BCUT2D eigenvalue weighted by Crippen LogP contribution is 2.05. The molecule has 0 bridgehead atoms. The van der Waals surface area contributed by atoms with E-state index in [1.165, 1.54) is 6.08 Å². The fourth-order valence-electron chi connectivity index (χ4n) is 1.57. The summed E-state index contributed by atoms with van der Waals surface area (Å²) in [6, 6.07) is 0.584. The number of carbonyl (C=O) groups is 1. The summed E-state index contributed by atoms with van der Waals surface area (Å²) in [6.07, 6.45) is 2.87. The van der Waals surface area contributed by atoms with E-state index in [0.29, 0.717) is 6.04 Å². The molecule has 1 saturated heterocycles. The normalized spacial score (nSPS) is 19.5. The molecule has 0 unspecified atom stereocenters. The average molecular weight is 198 g/mol. The van der Waals surface area contributed by atoms with Gasteiger partial charge in [0.05, 0.1) is 0 Å². The minimum atomic E-state index is -0.878. The second kappa shape index (κ2) is 5.00. The molecule has 1 heterocycles. The van der Waals surface area contributed by atoms with Crippen LogP contribution in [0.15, 0.2) is 12.3 Å². The van der Waals surface area contributed by atoms with Crippen LogP contribution in [0.4, 0.5) is 0 Å². The van der Waals surface area contributed by atoms with Crippen molar-refractivity contribution in [3.8, 4) is 0 Å². The van der Waals surface area contributed by atoms with Gasteiger partial charge in [-0.05, 0) is 13.8 Å². The number of hydrogen-bond donors (Lipinski definition) is 1. The summed E-state index contributed by atoms with van der Waals surface area (Å²) in [7, 11) is 0. The largest absolute Gasteiger partial charge is 0.478 e. The van der Waals surface area contributed by atoms with Crippen molar-refractivity contribution < 1.29 is 9.90 Å². The van der Waals surface area contributed by atoms with E-state index in [1.54, 1.807) is 6.20 Å². The van der Waals surface area contributed by atoms with Crippen molar-refractivity contribution in [2.45, 2.75) is 19.9 Å². The zero-order chi connectivity index (χ0) is 10.6. The van der Waals surface area contributed by atoms with Crippen LogP contribution >= 0.6 is 0 Å². The van der Waals surface area contributed by atoms with Gasteiger partial charge in [-0.15, -0.1) is 0 Å². The van der Waals surface area contributed by atoms with Crippen LogP contribution in [-0.2, 0) is 4.79 Å². The van der Waals surface area contributed by atoms with Gasteiger partial charge in [0.15, 0.2) is 0 Å².